The number of benzene rings is 1. The van der Waals surface area contributed by atoms with E-state index >= 15 is 0 Å². The second-order valence-corrected chi connectivity index (χ2v) is 4.49. The number of nitrogens with zero attached hydrogens (tertiary/aromatic N) is 3. The SMILES string of the molecule is COc1ccc2c(c1)[nH]c(=S)n2Cc1ccncn1. The van der Waals surface area contributed by atoms with E-state index in [1.165, 1.54) is 6.33 Å². The molecule has 0 spiro atoms. The predicted octanol–water partition coefficient (Wildman–Crippen LogP) is 2.55. The van der Waals surface area contributed by atoms with E-state index in [2.05, 4.69) is 15.0 Å². The number of hydrogen-bond donors (Lipinski definition) is 1. The predicted molar refractivity (Wildman–Crippen MR) is 74.8 cm³/mol. The molecule has 0 aliphatic carbocycles. The van der Waals surface area contributed by atoms with Crippen LogP contribution in [0, 0.1) is 4.77 Å². The van der Waals surface area contributed by atoms with E-state index in [1.54, 1.807) is 13.3 Å². The molecule has 2 aromatic heterocycles. The third-order valence-electron chi connectivity index (χ3n) is 2.94. The van der Waals surface area contributed by atoms with E-state index in [4.69, 9.17) is 17.0 Å². The van der Waals surface area contributed by atoms with Crippen LogP contribution in [-0.2, 0) is 6.54 Å². The van der Waals surface area contributed by atoms with Gasteiger partial charge in [-0.3, -0.25) is 0 Å². The maximum Gasteiger partial charge on any atom is 0.178 e. The Labute approximate surface area is 114 Å². The Kier molecular flexibility index (Phi) is 3.00. The van der Waals surface area contributed by atoms with Crippen LogP contribution in [0.4, 0.5) is 0 Å². The lowest BCUT2D eigenvalue weighted by Gasteiger charge is -2.04. The van der Waals surface area contributed by atoms with Gasteiger partial charge >= 0.3 is 0 Å². The summed E-state index contributed by atoms with van der Waals surface area (Å²) in [5, 5.41) is 0. The highest BCUT2D eigenvalue weighted by atomic mass is 32.1. The molecule has 3 aromatic rings. The largest absolute Gasteiger partial charge is 0.497 e. The third kappa shape index (κ3) is 2.22. The van der Waals surface area contributed by atoms with E-state index in [0.29, 0.717) is 11.3 Å². The van der Waals surface area contributed by atoms with Crippen LogP contribution < -0.4 is 4.74 Å². The summed E-state index contributed by atoms with van der Waals surface area (Å²) in [5.41, 5.74) is 2.91. The first kappa shape index (κ1) is 11.9. The van der Waals surface area contributed by atoms with Gasteiger partial charge < -0.3 is 14.3 Å². The van der Waals surface area contributed by atoms with Crippen LogP contribution in [0.25, 0.3) is 11.0 Å². The number of aromatic amines is 1. The summed E-state index contributed by atoms with van der Waals surface area (Å²) in [6.45, 7) is 0.619. The molecule has 6 heteroatoms. The zero-order chi connectivity index (χ0) is 13.2. The molecule has 96 valence electrons. The number of rotatable bonds is 3. The fourth-order valence-electron chi connectivity index (χ4n) is 2.00. The summed E-state index contributed by atoms with van der Waals surface area (Å²) in [6, 6.07) is 7.72. The Balaban J connectivity index is 2.09. The van der Waals surface area contributed by atoms with Crippen molar-refractivity contribution in [3.63, 3.8) is 0 Å². The summed E-state index contributed by atoms with van der Waals surface area (Å²) >= 11 is 5.35. The lowest BCUT2D eigenvalue weighted by atomic mass is 10.3. The Morgan fingerprint density at radius 1 is 1.37 bits per heavy atom. The minimum Gasteiger partial charge on any atom is -0.497 e. The van der Waals surface area contributed by atoms with E-state index in [0.717, 1.165) is 22.5 Å². The topological polar surface area (TPSA) is 55.7 Å². The maximum absolute atomic E-state index is 5.35. The van der Waals surface area contributed by atoms with Crippen LogP contribution in [0.2, 0.25) is 0 Å². The summed E-state index contributed by atoms with van der Waals surface area (Å²) in [6.07, 6.45) is 3.26. The van der Waals surface area contributed by atoms with E-state index < -0.39 is 0 Å². The van der Waals surface area contributed by atoms with Gasteiger partial charge in [0.15, 0.2) is 4.77 Å². The van der Waals surface area contributed by atoms with Gasteiger partial charge in [0.1, 0.15) is 12.1 Å². The summed E-state index contributed by atoms with van der Waals surface area (Å²) in [5.74, 6) is 0.804. The Morgan fingerprint density at radius 2 is 2.26 bits per heavy atom. The maximum atomic E-state index is 5.35. The molecule has 0 aliphatic heterocycles. The van der Waals surface area contributed by atoms with Gasteiger partial charge in [-0.15, -0.1) is 0 Å². The molecule has 2 heterocycles. The zero-order valence-electron chi connectivity index (χ0n) is 10.3. The van der Waals surface area contributed by atoms with Crippen molar-refractivity contribution in [2.24, 2.45) is 0 Å². The molecule has 0 amide bonds. The van der Waals surface area contributed by atoms with Crippen molar-refractivity contribution in [1.82, 2.24) is 19.5 Å². The van der Waals surface area contributed by atoms with E-state index in [-0.39, 0.29) is 0 Å². The van der Waals surface area contributed by atoms with Crippen molar-refractivity contribution >= 4 is 23.3 Å². The van der Waals surface area contributed by atoms with Gasteiger partial charge in [0.05, 0.1) is 30.4 Å². The average Bonchev–Trinajstić information content (AvgIpc) is 2.75. The average molecular weight is 272 g/mol. The molecule has 0 unspecified atom stereocenters. The first-order valence-electron chi connectivity index (χ1n) is 5.79. The van der Waals surface area contributed by atoms with Gasteiger partial charge in [-0.2, -0.15) is 0 Å². The molecule has 0 aliphatic rings. The quantitative estimate of drug-likeness (QED) is 0.744. The lowest BCUT2D eigenvalue weighted by Crippen LogP contribution is -2.01. The molecule has 0 radical (unpaired) electrons. The number of fused-ring (bicyclic) bond motifs is 1. The monoisotopic (exact) mass is 272 g/mol. The Hall–Kier alpha value is -2.21. The molecule has 1 aromatic carbocycles. The van der Waals surface area contributed by atoms with E-state index in [1.807, 2.05) is 28.8 Å². The number of imidazole rings is 1. The second kappa shape index (κ2) is 4.81. The van der Waals surface area contributed by atoms with Crippen LogP contribution >= 0.6 is 12.2 Å². The highest BCUT2D eigenvalue weighted by molar-refractivity contribution is 7.71. The highest BCUT2D eigenvalue weighted by Crippen LogP contribution is 2.21. The summed E-state index contributed by atoms with van der Waals surface area (Å²) in [7, 11) is 1.65. The first-order chi connectivity index (χ1) is 9.28. The molecule has 0 atom stereocenters. The number of aromatic nitrogens is 4. The summed E-state index contributed by atoms with van der Waals surface area (Å²) in [4.78, 5) is 11.3. The van der Waals surface area contributed by atoms with Gasteiger partial charge in [-0.1, -0.05) is 0 Å². The van der Waals surface area contributed by atoms with Crippen molar-refractivity contribution < 1.29 is 4.74 Å². The van der Waals surface area contributed by atoms with Gasteiger partial charge in [0.2, 0.25) is 0 Å². The van der Waals surface area contributed by atoms with Crippen molar-refractivity contribution in [3.05, 3.63) is 47.3 Å². The molecule has 5 nitrogen and oxygen atoms in total. The van der Waals surface area contributed by atoms with Crippen molar-refractivity contribution in [3.8, 4) is 5.75 Å². The van der Waals surface area contributed by atoms with Gasteiger partial charge in [0.25, 0.3) is 0 Å². The van der Waals surface area contributed by atoms with Crippen LogP contribution in [0.5, 0.6) is 5.75 Å². The zero-order valence-corrected chi connectivity index (χ0v) is 11.1. The number of methoxy groups -OCH3 is 1. The molecule has 0 fully saturated rings. The van der Waals surface area contributed by atoms with Crippen LogP contribution in [-0.4, -0.2) is 26.6 Å². The minimum absolute atomic E-state index is 0.619. The van der Waals surface area contributed by atoms with Crippen molar-refractivity contribution in [2.45, 2.75) is 6.54 Å². The van der Waals surface area contributed by atoms with Crippen molar-refractivity contribution in [2.75, 3.05) is 7.11 Å². The molecule has 0 saturated heterocycles. The lowest BCUT2D eigenvalue weighted by molar-refractivity contribution is 0.415. The third-order valence-corrected chi connectivity index (χ3v) is 3.27. The molecule has 0 saturated carbocycles. The molecule has 1 N–H and O–H groups in total. The Bertz CT molecular complexity index is 763. The smallest absolute Gasteiger partial charge is 0.178 e. The molecule has 19 heavy (non-hydrogen) atoms. The summed E-state index contributed by atoms with van der Waals surface area (Å²) < 4.78 is 7.88. The second-order valence-electron chi connectivity index (χ2n) is 4.10. The van der Waals surface area contributed by atoms with Gasteiger partial charge in [-0.25, -0.2) is 9.97 Å². The number of nitrogens with one attached hydrogen (secondary N) is 1. The number of ether oxygens (including phenoxy) is 1. The van der Waals surface area contributed by atoms with Crippen LogP contribution in [0.15, 0.2) is 36.8 Å². The first-order valence-corrected chi connectivity index (χ1v) is 6.20. The van der Waals surface area contributed by atoms with E-state index in [9.17, 15) is 0 Å². The van der Waals surface area contributed by atoms with Crippen LogP contribution in [0.1, 0.15) is 5.69 Å². The minimum atomic E-state index is 0.619. The Morgan fingerprint density at radius 3 is 3.00 bits per heavy atom. The van der Waals surface area contributed by atoms with Crippen molar-refractivity contribution in [1.29, 1.82) is 0 Å². The number of hydrogen-bond acceptors (Lipinski definition) is 4. The highest BCUT2D eigenvalue weighted by Gasteiger charge is 2.06. The fraction of sp³-hybridized carbons (Fsp3) is 0.154. The molecular formula is C13H12N4OS. The van der Waals surface area contributed by atoms with Gasteiger partial charge in [0, 0.05) is 12.3 Å². The molecule has 3 rings (SSSR count). The standard InChI is InChI=1S/C13H12N4OS/c1-18-10-2-3-12-11(6-10)16-13(19)17(12)7-9-4-5-14-8-15-9/h2-6,8H,7H2,1H3,(H,16,19). The molecule has 0 bridgehead atoms. The number of H-pyrrole nitrogens is 1. The van der Waals surface area contributed by atoms with Crippen LogP contribution in [0.3, 0.4) is 0 Å². The normalized spacial score (nSPS) is 10.8. The fourth-order valence-corrected chi connectivity index (χ4v) is 2.27. The molecular weight excluding hydrogens is 260 g/mol. The van der Waals surface area contributed by atoms with Gasteiger partial charge in [-0.05, 0) is 30.4 Å².